The van der Waals surface area contributed by atoms with E-state index in [1.165, 1.54) is 18.4 Å². The zero-order chi connectivity index (χ0) is 6.27. The molecule has 1 saturated carbocycles. The van der Waals surface area contributed by atoms with Crippen molar-refractivity contribution >= 4 is 15.9 Å². The van der Waals surface area contributed by atoms with Crippen molar-refractivity contribution in [2.45, 2.75) is 18.8 Å². The van der Waals surface area contributed by atoms with Gasteiger partial charge in [-0.15, -0.1) is 0 Å². The lowest BCUT2D eigenvalue weighted by molar-refractivity contribution is 0.537. The van der Waals surface area contributed by atoms with Gasteiger partial charge in [0.25, 0.3) is 0 Å². The summed E-state index contributed by atoms with van der Waals surface area (Å²) in [6.45, 7) is 0. The average molecular weight is 187 g/mol. The number of furan rings is 1. The Morgan fingerprint density at radius 2 is 2.33 bits per heavy atom. The second-order valence-corrected chi connectivity index (χ2v) is 3.14. The predicted octanol–water partition coefficient (Wildman–Crippen LogP) is 2.92. The Balaban J connectivity index is 2.35. The van der Waals surface area contributed by atoms with Gasteiger partial charge >= 0.3 is 0 Å². The van der Waals surface area contributed by atoms with E-state index in [0.717, 1.165) is 10.6 Å². The second kappa shape index (κ2) is 1.87. The quantitative estimate of drug-likeness (QED) is 0.658. The molecule has 0 amide bonds. The van der Waals surface area contributed by atoms with Gasteiger partial charge in [-0.05, 0) is 40.8 Å². The smallest absolute Gasteiger partial charge is 0.172 e. The van der Waals surface area contributed by atoms with Gasteiger partial charge in [0.05, 0.1) is 6.26 Å². The highest BCUT2D eigenvalue weighted by Crippen LogP contribution is 2.43. The molecule has 1 heterocycles. The van der Waals surface area contributed by atoms with Crippen molar-refractivity contribution in [3.05, 3.63) is 22.6 Å². The van der Waals surface area contributed by atoms with Crippen LogP contribution in [0.2, 0.25) is 0 Å². The van der Waals surface area contributed by atoms with Crippen molar-refractivity contribution in [1.29, 1.82) is 0 Å². The summed E-state index contributed by atoms with van der Waals surface area (Å²) in [7, 11) is 0. The zero-order valence-electron chi connectivity index (χ0n) is 4.93. The van der Waals surface area contributed by atoms with Crippen molar-refractivity contribution < 1.29 is 4.42 Å². The summed E-state index contributed by atoms with van der Waals surface area (Å²) < 4.78 is 6.00. The monoisotopic (exact) mass is 186 g/mol. The third-order valence-corrected chi connectivity index (χ3v) is 2.31. The Labute approximate surface area is 62.2 Å². The number of hydrogen-bond acceptors (Lipinski definition) is 1. The van der Waals surface area contributed by atoms with E-state index in [-0.39, 0.29) is 0 Å². The molecule has 1 fully saturated rings. The topological polar surface area (TPSA) is 13.1 Å². The molecule has 0 atom stereocenters. The summed E-state index contributed by atoms with van der Waals surface area (Å²) in [6.07, 6.45) is 4.40. The fourth-order valence-electron chi connectivity index (χ4n) is 0.992. The lowest BCUT2D eigenvalue weighted by atomic mass is 10.2. The van der Waals surface area contributed by atoms with Crippen molar-refractivity contribution in [2.24, 2.45) is 0 Å². The molecule has 48 valence electrons. The minimum atomic E-state index is 0.790. The molecule has 0 radical (unpaired) electrons. The first kappa shape index (κ1) is 5.54. The Morgan fingerprint density at radius 1 is 1.56 bits per heavy atom. The summed E-state index contributed by atoms with van der Waals surface area (Å²) in [4.78, 5) is 0. The van der Waals surface area contributed by atoms with Crippen molar-refractivity contribution in [3.63, 3.8) is 0 Å². The van der Waals surface area contributed by atoms with E-state index in [2.05, 4.69) is 15.9 Å². The highest BCUT2D eigenvalue weighted by molar-refractivity contribution is 9.10. The Bertz CT molecular complexity index is 212. The lowest BCUT2D eigenvalue weighted by Crippen LogP contribution is -1.70. The molecule has 0 N–H and O–H groups in total. The van der Waals surface area contributed by atoms with Gasteiger partial charge in [0, 0.05) is 5.56 Å². The van der Waals surface area contributed by atoms with Crippen LogP contribution in [0.5, 0.6) is 0 Å². The van der Waals surface area contributed by atoms with Crippen LogP contribution >= 0.6 is 15.9 Å². The van der Waals surface area contributed by atoms with Gasteiger partial charge in [-0.25, -0.2) is 0 Å². The fraction of sp³-hybridized carbons (Fsp3) is 0.429. The maximum absolute atomic E-state index is 5.08. The van der Waals surface area contributed by atoms with Crippen LogP contribution in [-0.2, 0) is 0 Å². The molecule has 0 aromatic carbocycles. The van der Waals surface area contributed by atoms with E-state index in [1.807, 2.05) is 6.07 Å². The number of rotatable bonds is 1. The molecule has 2 rings (SSSR count). The van der Waals surface area contributed by atoms with Crippen LogP contribution in [-0.4, -0.2) is 0 Å². The van der Waals surface area contributed by atoms with Crippen molar-refractivity contribution in [1.82, 2.24) is 0 Å². The second-order valence-electron chi connectivity index (χ2n) is 2.42. The summed E-state index contributed by atoms with van der Waals surface area (Å²) in [5.41, 5.74) is 1.34. The molecule has 1 aliphatic carbocycles. The SMILES string of the molecule is Brc1occc1C1CC1. The third-order valence-electron chi connectivity index (χ3n) is 1.66. The average Bonchev–Trinajstić information content (AvgIpc) is 2.58. The fourth-order valence-corrected chi connectivity index (χ4v) is 1.56. The molecule has 9 heavy (non-hydrogen) atoms. The zero-order valence-corrected chi connectivity index (χ0v) is 6.52. The van der Waals surface area contributed by atoms with E-state index >= 15 is 0 Å². The summed E-state index contributed by atoms with van der Waals surface area (Å²) in [5.74, 6) is 0.790. The van der Waals surface area contributed by atoms with Gasteiger partial charge < -0.3 is 4.42 Å². The first-order valence-electron chi connectivity index (χ1n) is 3.11. The van der Waals surface area contributed by atoms with Gasteiger partial charge in [0.15, 0.2) is 4.67 Å². The minimum Gasteiger partial charge on any atom is -0.457 e. The normalized spacial score (nSPS) is 18.3. The van der Waals surface area contributed by atoms with E-state index in [0.29, 0.717) is 0 Å². The van der Waals surface area contributed by atoms with Crippen LogP contribution in [0.4, 0.5) is 0 Å². The summed E-state index contributed by atoms with van der Waals surface area (Å²) in [6, 6.07) is 2.04. The molecule has 0 unspecified atom stereocenters. The highest BCUT2D eigenvalue weighted by atomic mass is 79.9. The highest BCUT2D eigenvalue weighted by Gasteiger charge is 2.26. The Hall–Kier alpha value is -0.240. The first-order valence-corrected chi connectivity index (χ1v) is 3.90. The molecule has 0 saturated heterocycles. The molecule has 0 spiro atoms. The lowest BCUT2D eigenvalue weighted by Gasteiger charge is -1.87. The summed E-state index contributed by atoms with van der Waals surface area (Å²) in [5, 5.41) is 0. The standard InChI is InChI=1S/C7H7BrO/c8-7-6(3-4-9-7)5-1-2-5/h3-5H,1-2H2. The maximum atomic E-state index is 5.08. The molecule has 1 nitrogen and oxygen atoms in total. The maximum Gasteiger partial charge on any atom is 0.172 e. The van der Waals surface area contributed by atoms with Gasteiger partial charge in [-0.3, -0.25) is 0 Å². The van der Waals surface area contributed by atoms with Gasteiger partial charge in [0.1, 0.15) is 0 Å². The van der Waals surface area contributed by atoms with E-state index < -0.39 is 0 Å². The minimum absolute atomic E-state index is 0.790. The molecule has 2 heteroatoms. The van der Waals surface area contributed by atoms with Gasteiger partial charge in [0.2, 0.25) is 0 Å². The number of hydrogen-bond donors (Lipinski definition) is 0. The van der Waals surface area contributed by atoms with Crippen LogP contribution in [0, 0.1) is 0 Å². The van der Waals surface area contributed by atoms with Gasteiger partial charge in [-0.1, -0.05) is 0 Å². The van der Waals surface area contributed by atoms with Crippen LogP contribution in [0.25, 0.3) is 0 Å². The van der Waals surface area contributed by atoms with Gasteiger partial charge in [-0.2, -0.15) is 0 Å². The van der Waals surface area contributed by atoms with Crippen LogP contribution in [0.1, 0.15) is 24.3 Å². The van der Waals surface area contributed by atoms with Crippen molar-refractivity contribution in [3.8, 4) is 0 Å². The number of halogens is 1. The van der Waals surface area contributed by atoms with Crippen LogP contribution in [0.3, 0.4) is 0 Å². The molecule has 0 aliphatic heterocycles. The first-order chi connectivity index (χ1) is 4.38. The predicted molar refractivity (Wildman–Crippen MR) is 38.4 cm³/mol. The van der Waals surface area contributed by atoms with Crippen LogP contribution in [0.15, 0.2) is 21.4 Å². The Kier molecular flexibility index (Phi) is 1.15. The third kappa shape index (κ3) is 0.917. The van der Waals surface area contributed by atoms with Crippen LogP contribution < -0.4 is 0 Å². The molecule has 1 aromatic rings. The van der Waals surface area contributed by atoms with E-state index in [1.54, 1.807) is 6.26 Å². The molecule has 1 aromatic heterocycles. The largest absolute Gasteiger partial charge is 0.457 e. The van der Waals surface area contributed by atoms with E-state index in [4.69, 9.17) is 4.42 Å². The molecular weight excluding hydrogens is 180 g/mol. The molecule has 1 aliphatic rings. The Morgan fingerprint density at radius 3 is 2.78 bits per heavy atom. The van der Waals surface area contributed by atoms with E-state index in [9.17, 15) is 0 Å². The molecule has 0 bridgehead atoms. The molecular formula is C7H7BrO. The van der Waals surface area contributed by atoms with Crippen molar-refractivity contribution in [2.75, 3.05) is 0 Å². The summed E-state index contributed by atoms with van der Waals surface area (Å²) >= 11 is 3.34.